The van der Waals surface area contributed by atoms with Crippen LogP contribution in [0.2, 0.25) is 0 Å². The Balaban J connectivity index is 2.97. The van der Waals surface area contributed by atoms with Crippen molar-refractivity contribution in [3.63, 3.8) is 0 Å². The third-order valence-corrected chi connectivity index (χ3v) is 3.69. The quantitative estimate of drug-likeness (QED) is 0.686. The van der Waals surface area contributed by atoms with E-state index in [1.54, 1.807) is 20.8 Å². The molecule has 0 aliphatic carbocycles. The van der Waals surface area contributed by atoms with Gasteiger partial charge in [-0.05, 0) is 69.0 Å². The molecule has 1 aromatic rings. The van der Waals surface area contributed by atoms with E-state index in [0.29, 0.717) is 17.6 Å². The SMILES string of the molecule is CN(C)CCN(CC(=O)OC(C)(C)C)C(=O)c1cc(F)ccc1Br. The Kier molecular flexibility index (Phi) is 7.35. The monoisotopic (exact) mass is 402 g/mol. The molecule has 0 N–H and O–H groups in total. The van der Waals surface area contributed by atoms with Gasteiger partial charge in [-0.15, -0.1) is 0 Å². The Morgan fingerprint density at radius 3 is 2.38 bits per heavy atom. The minimum Gasteiger partial charge on any atom is -0.459 e. The topological polar surface area (TPSA) is 49.9 Å². The van der Waals surface area contributed by atoms with E-state index in [1.807, 2.05) is 19.0 Å². The summed E-state index contributed by atoms with van der Waals surface area (Å²) in [6.07, 6.45) is 0. The van der Waals surface area contributed by atoms with Gasteiger partial charge in [-0.25, -0.2) is 4.39 Å². The van der Waals surface area contributed by atoms with E-state index in [2.05, 4.69) is 15.9 Å². The number of benzene rings is 1. The lowest BCUT2D eigenvalue weighted by Gasteiger charge is -2.26. The van der Waals surface area contributed by atoms with Crippen LogP contribution in [0, 0.1) is 5.82 Å². The highest BCUT2D eigenvalue weighted by Gasteiger charge is 2.24. The molecule has 7 heteroatoms. The van der Waals surface area contributed by atoms with Crippen LogP contribution in [0.15, 0.2) is 22.7 Å². The largest absolute Gasteiger partial charge is 0.459 e. The lowest BCUT2D eigenvalue weighted by atomic mass is 10.2. The normalized spacial score (nSPS) is 11.5. The first kappa shape index (κ1) is 20.6. The van der Waals surface area contributed by atoms with Crippen LogP contribution in [0.1, 0.15) is 31.1 Å². The molecule has 0 unspecified atom stereocenters. The number of likely N-dealkylation sites (N-methyl/N-ethyl adjacent to an activating group) is 1. The summed E-state index contributed by atoms with van der Waals surface area (Å²) in [7, 11) is 3.74. The van der Waals surface area contributed by atoms with Crippen molar-refractivity contribution in [2.75, 3.05) is 33.7 Å². The first-order chi connectivity index (χ1) is 11.0. The predicted molar refractivity (Wildman–Crippen MR) is 94.4 cm³/mol. The molecule has 1 amide bonds. The van der Waals surface area contributed by atoms with Crippen molar-refractivity contribution in [2.24, 2.45) is 0 Å². The summed E-state index contributed by atoms with van der Waals surface area (Å²) >= 11 is 3.25. The summed E-state index contributed by atoms with van der Waals surface area (Å²) in [6, 6.07) is 3.89. The Labute approximate surface area is 150 Å². The average molecular weight is 403 g/mol. The zero-order chi connectivity index (χ0) is 18.5. The van der Waals surface area contributed by atoms with Crippen molar-refractivity contribution < 1.29 is 18.7 Å². The molecule has 0 atom stereocenters. The van der Waals surface area contributed by atoms with Crippen LogP contribution in [0.4, 0.5) is 4.39 Å². The molecule has 0 saturated carbocycles. The van der Waals surface area contributed by atoms with Gasteiger partial charge in [-0.3, -0.25) is 9.59 Å². The fourth-order valence-electron chi connectivity index (χ4n) is 1.93. The van der Waals surface area contributed by atoms with Gasteiger partial charge in [-0.2, -0.15) is 0 Å². The minimum absolute atomic E-state index is 0.178. The van der Waals surface area contributed by atoms with Crippen molar-refractivity contribution in [2.45, 2.75) is 26.4 Å². The van der Waals surface area contributed by atoms with Crippen molar-refractivity contribution in [3.8, 4) is 0 Å². The number of amides is 1. The molecule has 0 aliphatic heterocycles. The van der Waals surface area contributed by atoms with Gasteiger partial charge in [0.05, 0.1) is 5.56 Å². The lowest BCUT2D eigenvalue weighted by Crippen LogP contribution is -2.42. The molecular formula is C17H24BrFN2O3. The highest BCUT2D eigenvalue weighted by molar-refractivity contribution is 9.10. The highest BCUT2D eigenvalue weighted by Crippen LogP contribution is 2.20. The molecule has 24 heavy (non-hydrogen) atoms. The Morgan fingerprint density at radius 1 is 1.21 bits per heavy atom. The van der Waals surface area contributed by atoms with Crippen molar-refractivity contribution in [1.29, 1.82) is 0 Å². The number of nitrogens with zero attached hydrogens (tertiary/aromatic N) is 2. The molecule has 0 saturated heterocycles. The fraction of sp³-hybridized carbons (Fsp3) is 0.529. The Bertz CT molecular complexity index is 600. The summed E-state index contributed by atoms with van der Waals surface area (Å²) in [5.74, 6) is -1.43. The van der Waals surface area contributed by atoms with E-state index in [0.717, 1.165) is 6.07 Å². The van der Waals surface area contributed by atoms with Gasteiger partial charge >= 0.3 is 5.97 Å². The molecule has 0 bridgehead atoms. The zero-order valence-electron chi connectivity index (χ0n) is 14.7. The van der Waals surface area contributed by atoms with E-state index >= 15 is 0 Å². The van der Waals surface area contributed by atoms with E-state index < -0.39 is 23.3 Å². The van der Waals surface area contributed by atoms with Crippen molar-refractivity contribution in [1.82, 2.24) is 9.80 Å². The molecule has 134 valence electrons. The summed E-state index contributed by atoms with van der Waals surface area (Å²) in [6.45, 7) is 6.00. The number of hydrogen-bond acceptors (Lipinski definition) is 4. The maximum Gasteiger partial charge on any atom is 0.326 e. The molecule has 0 aliphatic rings. The maximum atomic E-state index is 13.5. The highest BCUT2D eigenvalue weighted by atomic mass is 79.9. The van der Waals surface area contributed by atoms with E-state index in [-0.39, 0.29) is 12.1 Å². The van der Waals surface area contributed by atoms with Gasteiger partial charge in [0.2, 0.25) is 0 Å². The van der Waals surface area contributed by atoms with Crippen molar-refractivity contribution >= 4 is 27.8 Å². The number of rotatable bonds is 6. The van der Waals surface area contributed by atoms with E-state index in [9.17, 15) is 14.0 Å². The number of esters is 1. The average Bonchev–Trinajstić information content (AvgIpc) is 2.43. The number of carbonyl (C=O) groups is 2. The summed E-state index contributed by atoms with van der Waals surface area (Å²) in [4.78, 5) is 28.1. The first-order valence-electron chi connectivity index (χ1n) is 7.60. The van der Waals surface area contributed by atoms with Gasteiger partial charge in [0.25, 0.3) is 5.91 Å². The molecule has 0 radical (unpaired) electrons. The number of carbonyl (C=O) groups excluding carboxylic acids is 2. The molecule has 1 aromatic carbocycles. The number of ether oxygens (including phenoxy) is 1. The lowest BCUT2D eigenvalue weighted by molar-refractivity contribution is -0.155. The Hall–Kier alpha value is -1.47. The van der Waals surface area contributed by atoms with Crippen LogP contribution in [0.25, 0.3) is 0 Å². The second-order valence-electron chi connectivity index (χ2n) is 6.74. The van der Waals surface area contributed by atoms with Gasteiger partial charge in [0.1, 0.15) is 18.0 Å². The standard InChI is InChI=1S/C17H24BrFN2O3/c1-17(2,3)24-15(22)11-21(9-8-20(4)5)16(23)13-10-12(19)6-7-14(13)18/h6-7,10H,8-9,11H2,1-5H3. The summed E-state index contributed by atoms with van der Waals surface area (Å²) in [5.41, 5.74) is -0.454. The smallest absolute Gasteiger partial charge is 0.326 e. The van der Waals surface area contributed by atoms with Crippen LogP contribution in [0.5, 0.6) is 0 Å². The maximum absolute atomic E-state index is 13.5. The van der Waals surface area contributed by atoms with E-state index in [1.165, 1.54) is 17.0 Å². The number of halogens is 2. The fourth-order valence-corrected chi connectivity index (χ4v) is 2.35. The summed E-state index contributed by atoms with van der Waals surface area (Å²) in [5, 5.41) is 0. The molecule has 5 nitrogen and oxygen atoms in total. The summed E-state index contributed by atoms with van der Waals surface area (Å²) < 4.78 is 19.2. The van der Waals surface area contributed by atoms with Gasteiger partial charge in [-0.1, -0.05) is 0 Å². The second kappa shape index (κ2) is 8.58. The van der Waals surface area contributed by atoms with Gasteiger partial charge < -0.3 is 14.5 Å². The van der Waals surface area contributed by atoms with Gasteiger partial charge in [0.15, 0.2) is 0 Å². The van der Waals surface area contributed by atoms with Crippen molar-refractivity contribution in [3.05, 3.63) is 34.1 Å². The first-order valence-corrected chi connectivity index (χ1v) is 8.40. The Morgan fingerprint density at radius 2 is 1.83 bits per heavy atom. The zero-order valence-corrected chi connectivity index (χ0v) is 16.3. The van der Waals surface area contributed by atoms with Crippen LogP contribution in [-0.4, -0.2) is 61.0 Å². The minimum atomic E-state index is -0.632. The molecule has 0 fully saturated rings. The third kappa shape index (κ3) is 6.97. The van der Waals surface area contributed by atoms with Crippen LogP contribution in [0.3, 0.4) is 0 Å². The number of hydrogen-bond donors (Lipinski definition) is 0. The second-order valence-corrected chi connectivity index (χ2v) is 7.59. The third-order valence-electron chi connectivity index (χ3n) is 3.00. The molecule has 1 rings (SSSR count). The van der Waals surface area contributed by atoms with Crippen LogP contribution < -0.4 is 0 Å². The van der Waals surface area contributed by atoms with Crippen LogP contribution >= 0.6 is 15.9 Å². The molecule has 0 spiro atoms. The van der Waals surface area contributed by atoms with E-state index in [4.69, 9.17) is 4.74 Å². The molecule has 0 aromatic heterocycles. The van der Waals surface area contributed by atoms with Crippen LogP contribution in [-0.2, 0) is 9.53 Å². The predicted octanol–water partition coefficient (Wildman–Crippen LogP) is 2.93. The molecule has 0 heterocycles. The molecular weight excluding hydrogens is 379 g/mol. The van der Waals surface area contributed by atoms with Gasteiger partial charge in [0, 0.05) is 17.6 Å².